The molecule has 21 heavy (non-hydrogen) atoms. The lowest BCUT2D eigenvalue weighted by atomic mass is 10.3. The molecule has 0 saturated carbocycles. The van der Waals surface area contributed by atoms with Gasteiger partial charge in [-0.1, -0.05) is 13.8 Å². The van der Waals surface area contributed by atoms with Gasteiger partial charge in [-0.3, -0.25) is 0 Å². The Balaban J connectivity index is 2.74. The first-order valence-corrected chi connectivity index (χ1v) is 8.68. The first-order chi connectivity index (χ1) is 9.52. The molecule has 0 radical (unpaired) electrons. The quantitative estimate of drug-likeness (QED) is 0.827. The summed E-state index contributed by atoms with van der Waals surface area (Å²) in [5.74, 6) is 0. The molecule has 0 unspecified atom stereocenters. The van der Waals surface area contributed by atoms with Crippen LogP contribution in [0.3, 0.4) is 0 Å². The third-order valence-corrected chi connectivity index (χ3v) is 6.04. The zero-order valence-corrected chi connectivity index (χ0v) is 13.7. The zero-order chi connectivity index (χ0) is 16.3. The van der Waals surface area contributed by atoms with Crippen molar-refractivity contribution in [3.05, 3.63) is 17.0 Å². The molecule has 0 aliphatic rings. The monoisotopic (exact) mass is 344 g/mol. The summed E-state index contributed by atoms with van der Waals surface area (Å²) in [5, 5.41) is 4.84. The van der Waals surface area contributed by atoms with Crippen molar-refractivity contribution in [2.45, 2.75) is 43.2 Å². The summed E-state index contributed by atoms with van der Waals surface area (Å²) < 4.78 is 61.6. The molecule has 0 fully saturated rings. The van der Waals surface area contributed by atoms with Gasteiger partial charge in [-0.15, -0.1) is 11.3 Å². The van der Waals surface area contributed by atoms with Gasteiger partial charge in [0.1, 0.15) is 4.21 Å². The Morgan fingerprint density at radius 3 is 2.52 bits per heavy atom. The van der Waals surface area contributed by atoms with Crippen LogP contribution in [0, 0.1) is 0 Å². The van der Waals surface area contributed by atoms with E-state index >= 15 is 0 Å². The van der Waals surface area contributed by atoms with Crippen molar-refractivity contribution in [3.8, 4) is 0 Å². The first kappa shape index (κ1) is 18.4. The minimum atomic E-state index is -4.37. The highest BCUT2D eigenvalue weighted by molar-refractivity contribution is 7.91. The second-order valence-corrected chi connectivity index (χ2v) is 8.18. The predicted octanol–water partition coefficient (Wildman–Crippen LogP) is 2.82. The summed E-state index contributed by atoms with van der Waals surface area (Å²) in [5.41, 5.74) is 0.802. The van der Waals surface area contributed by atoms with Crippen LogP contribution in [0.15, 0.2) is 15.7 Å². The van der Waals surface area contributed by atoms with E-state index in [4.69, 9.17) is 0 Å². The van der Waals surface area contributed by atoms with Crippen LogP contribution in [0.1, 0.15) is 25.8 Å². The molecule has 0 amide bonds. The second kappa shape index (κ2) is 7.08. The summed E-state index contributed by atoms with van der Waals surface area (Å²) in [7, 11) is -2.70. The lowest BCUT2D eigenvalue weighted by Gasteiger charge is -2.16. The molecule has 0 aromatic carbocycles. The standard InChI is InChI=1S/C12H19F3N2O2S2/c1-9(2)16-7-10-6-11(20-8-10)21(18,19)17(3)5-4-12(13,14)15/h6,8-9,16H,4-5,7H2,1-3H3. The van der Waals surface area contributed by atoms with E-state index in [-0.39, 0.29) is 10.3 Å². The number of halogens is 3. The summed E-state index contributed by atoms with van der Waals surface area (Å²) >= 11 is 1.02. The van der Waals surface area contributed by atoms with Crippen LogP contribution in [-0.4, -0.2) is 38.5 Å². The van der Waals surface area contributed by atoms with E-state index < -0.39 is 29.2 Å². The van der Waals surface area contributed by atoms with E-state index in [1.807, 2.05) is 13.8 Å². The highest BCUT2D eigenvalue weighted by Gasteiger charge is 2.30. The molecule has 0 atom stereocenters. The first-order valence-electron chi connectivity index (χ1n) is 6.36. The van der Waals surface area contributed by atoms with Crippen molar-refractivity contribution in [2.75, 3.05) is 13.6 Å². The number of sulfonamides is 1. The van der Waals surface area contributed by atoms with Gasteiger partial charge >= 0.3 is 6.18 Å². The van der Waals surface area contributed by atoms with Crippen molar-refractivity contribution in [1.82, 2.24) is 9.62 Å². The molecule has 9 heteroatoms. The molecule has 0 spiro atoms. The SMILES string of the molecule is CC(C)NCc1csc(S(=O)(=O)N(C)CCC(F)(F)F)c1. The normalized spacial score (nSPS) is 13.3. The number of alkyl halides is 3. The fourth-order valence-electron chi connectivity index (χ4n) is 1.46. The minimum Gasteiger partial charge on any atom is -0.310 e. The molecular formula is C12H19F3N2O2S2. The molecule has 1 heterocycles. The minimum absolute atomic E-state index is 0.0627. The third kappa shape index (κ3) is 5.93. The number of rotatable bonds is 7. The number of hydrogen-bond acceptors (Lipinski definition) is 4. The smallest absolute Gasteiger partial charge is 0.310 e. The van der Waals surface area contributed by atoms with Crippen molar-refractivity contribution >= 4 is 21.4 Å². The summed E-state index contributed by atoms with van der Waals surface area (Å²) in [6.45, 7) is 3.88. The van der Waals surface area contributed by atoms with E-state index in [0.717, 1.165) is 28.3 Å². The van der Waals surface area contributed by atoms with Gasteiger partial charge in [0.15, 0.2) is 0 Å². The molecule has 122 valence electrons. The maximum absolute atomic E-state index is 12.2. The van der Waals surface area contributed by atoms with Gasteiger partial charge in [-0.2, -0.15) is 17.5 Å². The van der Waals surface area contributed by atoms with Gasteiger partial charge in [0.25, 0.3) is 10.0 Å². The van der Waals surface area contributed by atoms with Gasteiger partial charge < -0.3 is 5.32 Å². The molecule has 0 aliphatic heterocycles. The molecule has 0 aliphatic carbocycles. The van der Waals surface area contributed by atoms with Crippen LogP contribution in [0.5, 0.6) is 0 Å². The maximum Gasteiger partial charge on any atom is 0.390 e. The van der Waals surface area contributed by atoms with Crippen LogP contribution in [0.4, 0.5) is 13.2 Å². The van der Waals surface area contributed by atoms with Crippen molar-refractivity contribution in [2.24, 2.45) is 0 Å². The molecule has 1 aromatic rings. The Morgan fingerprint density at radius 2 is 2.00 bits per heavy atom. The Kier molecular flexibility index (Phi) is 6.21. The molecule has 0 saturated heterocycles. The maximum atomic E-state index is 12.2. The van der Waals surface area contributed by atoms with E-state index in [9.17, 15) is 21.6 Å². The van der Waals surface area contributed by atoms with Crippen molar-refractivity contribution in [1.29, 1.82) is 0 Å². The Morgan fingerprint density at radius 1 is 1.38 bits per heavy atom. The van der Waals surface area contributed by atoms with Crippen molar-refractivity contribution in [3.63, 3.8) is 0 Å². The lowest BCUT2D eigenvalue weighted by Crippen LogP contribution is -2.30. The molecule has 4 nitrogen and oxygen atoms in total. The van der Waals surface area contributed by atoms with Gasteiger partial charge in [-0.05, 0) is 17.0 Å². The highest BCUT2D eigenvalue weighted by atomic mass is 32.2. The number of nitrogens with one attached hydrogen (secondary N) is 1. The lowest BCUT2D eigenvalue weighted by molar-refractivity contribution is -0.135. The Bertz CT molecular complexity index is 553. The van der Waals surface area contributed by atoms with Crippen molar-refractivity contribution < 1.29 is 21.6 Å². The molecular weight excluding hydrogens is 325 g/mol. The van der Waals surface area contributed by atoms with Crippen LogP contribution in [-0.2, 0) is 16.6 Å². The van der Waals surface area contributed by atoms with Crippen LogP contribution < -0.4 is 5.32 Å². The zero-order valence-electron chi connectivity index (χ0n) is 12.1. The second-order valence-electron chi connectivity index (χ2n) is 5.00. The molecule has 1 N–H and O–H groups in total. The summed E-state index contributed by atoms with van der Waals surface area (Å²) in [4.78, 5) is 0. The highest BCUT2D eigenvalue weighted by Crippen LogP contribution is 2.25. The van der Waals surface area contributed by atoms with Crippen LogP contribution in [0.25, 0.3) is 0 Å². The fraction of sp³-hybridized carbons (Fsp3) is 0.667. The topological polar surface area (TPSA) is 49.4 Å². The van der Waals surface area contributed by atoms with Gasteiger partial charge in [0.2, 0.25) is 0 Å². The van der Waals surface area contributed by atoms with E-state index in [1.165, 1.54) is 6.07 Å². The number of nitrogens with zero attached hydrogens (tertiary/aromatic N) is 1. The third-order valence-electron chi connectivity index (χ3n) is 2.72. The number of hydrogen-bond donors (Lipinski definition) is 1. The van der Waals surface area contributed by atoms with Gasteiger partial charge in [0.05, 0.1) is 6.42 Å². The largest absolute Gasteiger partial charge is 0.390 e. The Labute approximate surface area is 127 Å². The molecule has 0 bridgehead atoms. The van der Waals surface area contributed by atoms with Crippen LogP contribution >= 0.6 is 11.3 Å². The van der Waals surface area contributed by atoms with E-state index in [2.05, 4.69) is 5.32 Å². The summed E-state index contributed by atoms with van der Waals surface area (Å²) in [6, 6.07) is 1.76. The fourth-order valence-corrected chi connectivity index (χ4v) is 4.05. The summed E-state index contributed by atoms with van der Waals surface area (Å²) in [6.07, 6.45) is -5.53. The molecule has 1 aromatic heterocycles. The van der Waals surface area contributed by atoms with Gasteiger partial charge in [0, 0.05) is 26.2 Å². The van der Waals surface area contributed by atoms with E-state index in [0.29, 0.717) is 6.54 Å². The van der Waals surface area contributed by atoms with E-state index in [1.54, 1.807) is 5.38 Å². The Hall–Kier alpha value is -0.640. The average Bonchev–Trinajstić information content (AvgIpc) is 2.81. The predicted molar refractivity (Wildman–Crippen MR) is 76.8 cm³/mol. The average molecular weight is 344 g/mol. The molecule has 1 rings (SSSR count). The van der Waals surface area contributed by atoms with Gasteiger partial charge in [-0.25, -0.2) is 8.42 Å². The van der Waals surface area contributed by atoms with Crippen LogP contribution in [0.2, 0.25) is 0 Å². The number of thiophene rings is 1.